The Morgan fingerprint density at radius 1 is 1.26 bits per heavy atom. The second-order valence-electron chi connectivity index (χ2n) is 4.22. The molecular formula is C15H17IN2O. The van der Waals surface area contributed by atoms with E-state index >= 15 is 0 Å². The molecular weight excluding hydrogens is 351 g/mol. The van der Waals surface area contributed by atoms with E-state index in [4.69, 9.17) is 4.74 Å². The maximum atomic E-state index is 5.77. The van der Waals surface area contributed by atoms with Crippen LogP contribution in [-0.2, 0) is 6.61 Å². The van der Waals surface area contributed by atoms with Crippen molar-refractivity contribution in [3.63, 3.8) is 0 Å². The molecule has 0 amide bonds. The third kappa shape index (κ3) is 4.70. The molecule has 0 spiro atoms. The van der Waals surface area contributed by atoms with E-state index in [9.17, 15) is 0 Å². The van der Waals surface area contributed by atoms with Crippen molar-refractivity contribution in [2.75, 3.05) is 11.9 Å². The van der Waals surface area contributed by atoms with E-state index in [1.165, 1.54) is 3.57 Å². The molecule has 1 N–H and O–H groups in total. The fourth-order valence-corrected chi connectivity index (χ4v) is 2.15. The van der Waals surface area contributed by atoms with Gasteiger partial charge in [0.25, 0.3) is 0 Å². The summed E-state index contributed by atoms with van der Waals surface area (Å²) in [4.78, 5) is 4.28. The van der Waals surface area contributed by atoms with Crippen molar-refractivity contribution in [3.8, 4) is 5.75 Å². The Bertz CT molecular complexity index is 531. The minimum Gasteiger partial charge on any atom is -0.489 e. The van der Waals surface area contributed by atoms with E-state index in [0.29, 0.717) is 6.61 Å². The highest BCUT2D eigenvalue weighted by Crippen LogP contribution is 2.17. The summed E-state index contributed by atoms with van der Waals surface area (Å²) in [6, 6.07) is 12.1. The highest BCUT2D eigenvalue weighted by molar-refractivity contribution is 14.1. The summed E-state index contributed by atoms with van der Waals surface area (Å²) < 4.78 is 6.95. The first-order valence-electron chi connectivity index (χ1n) is 6.35. The Morgan fingerprint density at radius 3 is 2.95 bits per heavy atom. The molecule has 0 saturated heterocycles. The van der Waals surface area contributed by atoms with E-state index in [1.807, 2.05) is 42.6 Å². The van der Waals surface area contributed by atoms with Crippen molar-refractivity contribution in [2.45, 2.75) is 20.0 Å². The van der Waals surface area contributed by atoms with Crippen LogP contribution in [0.5, 0.6) is 5.75 Å². The number of aromatic nitrogens is 1. The number of pyridine rings is 1. The third-order valence-corrected chi connectivity index (χ3v) is 3.25. The molecule has 100 valence electrons. The second-order valence-corrected chi connectivity index (χ2v) is 5.47. The van der Waals surface area contributed by atoms with Gasteiger partial charge in [-0.25, -0.2) is 4.98 Å². The lowest BCUT2D eigenvalue weighted by Gasteiger charge is -2.08. The van der Waals surface area contributed by atoms with E-state index in [2.05, 4.69) is 39.8 Å². The number of halogens is 1. The zero-order chi connectivity index (χ0) is 13.5. The number of anilines is 1. The number of benzene rings is 1. The van der Waals surface area contributed by atoms with Gasteiger partial charge in [0.1, 0.15) is 18.2 Å². The molecule has 0 aliphatic rings. The largest absolute Gasteiger partial charge is 0.489 e. The quantitative estimate of drug-likeness (QED) is 0.780. The highest BCUT2D eigenvalue weighted by Gasteiger charge is 1.99. The number of ether oxygens (including phenoxy) is 1. The predicted octanol–water partition coefficient (Wildman–Crippen LogP) is 4.09. The van der Waals surface area contributed by atoms with Gasteiger partial charge in [0.05, 0.1) is 0 Å². The lowest BCUT2D eigenvalue weighted by Crippen LogP contribution is -2.03. The molecule has 0 atom stereocenters. The number of hydrogen-bond donors (Lipinski definition) is 1. The van der Waals surface area contributed by atoms with Crippen molar-refractivity contribution in [1.82, 2.24) is 4.98 Å². The van der Waals surface area contributed by atoms with Gasteiger partial charge in [-0.05, 0) is 64.9 Å². The first kappa shape index (κ1) is 14.1. The summed E-state index contributed by atoms with van der Waals surface area (Å²) in [6.07, 6.45) is 2.90. The Balaban J connectivity index is 1.95. The monoisotopic (exact) mass is 368 g/mol. The Hall–Kier alpha value is -1.30. The van der Waals surface area contributed by atoms with Crippen LogP contribution in [0.1, 0.15) is 18.9 Å². The summed E-state index contributed by atoms with van der Waals surface area (Å²) in [5.74, 6) is 1.80. The molecule has 0 saturated carbocycles. The molecule has 1 aromatic carbocycles. The van der Waals surface area contributed by atoms with E-state index in [1.54, 1.807) is 0 Å². The fraction of sp³-hybridized carbons (Fsp3) is 0.267. The average molecular weight is 368 g/mol. The number of hydrogen-bond acceptors (Lipinski definition) is 3. The zero-order valence-corrected chi connectivity index (χ0v) is 13.1. The van der Waals surface area contributed by atoms with Crippen LogP contribution in [0.15, 0.2) is 42.6 Å². The van der Waals surface area contributed by atoms with Crippen molar-refractivity contribution in [3.05, 3.63) is 51.7 Å². The molecule has 1 aromatic heterocycles. The van der Waals surface area contributed by atoms with Gasteiger partial charge in [-0.3, -0.25) is 0 Å². The molecule has 0 aliphatic carbocycles. The number of rotatable bonds is 6. The van der Waals surface area contributed by atoms with Gasteiger partial charge in [0, 0.05) is 16.3 Å². The van der Waals surface area contributed by atoms with Crippen LogP contribution < -0.4 is 10.1 Å². The van der Waals surface area contributed by atoms with Gasteiger partial charge in [-0.2, -0.15) is 0 Å². The van der Waals surface area contributed by atoms with E-state index < -0.39 is 0 Å². The maximum absolute atomic E-state index is 5.77. The van der Waals surface area contributed by atoms with Gasteiger partial charge in [-0.15, -0.1) is 0 Å². The molecule has 4 heteroatoms. The van der Waals surface area contributed by atoms with E-state index in [0.717, 1.165) is 30.1 Å². The molecule has 0 unspecified atom stereocenters. The molecule has 0 fully saturated rings. The van der Waals surface area contributed by atoms with Crippen molar-refractivity contribution in [2.24, 2.45) is 0 Å². The van der Waals surface area contributed by atoms with Crippen LogP contribution in [-0.4, -0.2) is 11.5 Å². The average Bonchev–Trinajstić information content (AvgIpc) is 2.43. The topological polar surface area (TPSA) is 34.1 Å². The Kier molecular flexibility index (Phi) is 5.44. The van der Waals surface area contributed by atoms with Crippen molar-refractivity contribution in [1.29, 1.82) is 0 Å². The third-order valence-electron chi connectivity index (χ3n) is 2.58. The summed E-state index contributed by atoms with van der Waals surface area (Å²) in [6.45, 7) is 3.63. The van der Waals surface area contributed by atoms with Crippen LogP contribution in [0, 0.1) is 3.57 Å². The van der Waals surface area contributed by atoms with Gasteiger partial charge < -0.3 is 10.1 Å². The van der Waals surface area contributed by atoms with Crippen molar-refractivity contribution >= 4 is 28.4 Å². The van der Waals surface area contributed by atoms with Gasteiger partial charge in [0.15, 0.2) is 0 Å². The maximum Gasteiger partial charge on any atom is 0.126 e. The summed E-state index contributed by atoms with van der Waals surface area (Å²) >= 11 is 2.28. The van der Waals surface area contributed by atoms with Gasteiger partial charge in [0.2, 0.25) is 0 Å². The van der Waals surface area contributed by atoms with Crippen LogP contribution in [0.4, 0.5) is 5.82 Å². The minimum absolute atomic E-state index is 0.559. The van der Waals surface area contributed by atoms with Crippen LogP contribution in [0.25, 0.3) is 0 Å². The first-order chi connectivity index (χ1) is 9.28. The highest BCUT2D eigenvalue weighted by atomic mass is 127. The molecule has 2 aromatic rings. The summed E-state index contributed by atoms with van der Waals surface area (Å²) in [7, 11) is 0. The zero-order valence-electron chi connectivity index (χ0n) is 10.9. The van der Waals surface area contributed by atoms with Crippen LogP contribution in [0.3, 0.4) is 0 Å². The Labute approximate surface area is 127 Å². The van der Waals surface area contributed by atoms with E-state index in [-0.39, 0.29) is 0 Å². The lowest BCUT2D eigenvalue weighted by molar-refractivity contribution is 0.306. The number of nitrogens with zero attached hydrogens (tertiary/aromatic N) is 1. The Morgan fingerprint density at radius 2 is 2.16 bits per heavy atom. The summed E-state index contributed by atoms with van der Waals surface area (Å²) in [5.41, 5.74) is 1.12. The molecule has 0 aliphatic heterocycles. The summed E-state index contributed by atoms with van der Waals surface area (Å²) in [5, 5.41) is 3.27. The van der Waals surface area contributed by atoms with Crippen LogP contribution >= 0.6 is 22.6 Å². The van der Waals surface area contributed by atoms with Gasteiger partial charge >= 0.3 is 0 Å². The molecule has 19 heavy (non-hydrogen) atoms. The molecule has 2 rings (SSSR count). The molecule has 0 bridgehead atoms. The second kappa shape index (κ2) is 7.33. The minimum atomic E-state index is 0.559. The molecule has 1 heterocycles. The standard InChI is InChI=1S/C15H17IN2O/c1-2-7-17-15-9-12(6-8-18-15)11-19-14-5-3-4-13(16)10-14/h3-6,8-10H,2,7,11H2,1H3,(H,17,18). The SMILES string of the molecule is CCCNc1cc(COc2cccc(I)c2)ccn1. The predicted molar refractivity (Wildman–Crippen MR) is 86.5 cm³/mol. The molecule has 3 nitrogen and oxygen atoms in total. The fourth-order valence-electron chi connectivity index (χ4n) is 1.64. The molecule has 0 radical (unpaired) electrons. The first-order valence-corrected chi connectivity index (χ1v) is 7.43. The van der Waals surface area contributed by atoms with Crippen molar-refractivity contribution < 1.29 is 4.74 Å². The number of nitrogens with one attached hydrogen (secondary N) is 1. The van der Waals surface area contributed by atoms with Crippen LogP contribution in [0.2, 0.25) is 0 Å². The smallest absolute Gasteiger partial charge is 0.126 e. The lowest BCUT2D eigenvalue weighted by atomic mass is 10.2. The van der Waals surface area contributed by atoms with Gasteiger partial charge in [-0.1, -0.05) is 13.0 Å². The normalized spacial score (nSPS) is 10.2.